The van der Waals surface area contributed by atoms with Gasteiger partial charge < -0.3 is 19.7 Å². The van der Waals surface area contributed by atoms with Crippen molar-refractivity contribution in [1.29, 1.82) is 0 Å². The molecule has 0 unspecified atom stereocenters. The number of carbonyl (C=O) groups is 3. The van der Waals surface area contributed by atoms with Gasteiger partial charge in [0.2, 0.25) is 5.91 Å². The van der Waals surface area contributed by atoms with E-state index in [0.29, 0.717) is 19.3 Å². The van der Waals surface area contributed by atoms with Gasteiger partial charge in [-0.2, -0.15) is 0 Å². The Hall–Kier alpha value is -2.05. The number of nitrogens with one attached hydrogen (secondary N) is 1. The maximum Gasteiger partial charge on any atom is 0.408 e. The second-order valence-electron chi connectivity index (χ2n) is 7.16. The van der Waals surface area contributed by atoms with Crippen LogP contribution in [-0.4, -0.2) is 53.7 Å². The van der Waals surface area contributed by atoms with Crippen LogP contribution in [0, 0.1) is 0 Å². The Balaban J connectivity index is 2.15. The summed E-state index contributed by atoms with van der Waals surface area (Å²) in [6.07, 6.45) is 5.65. The van der Waals surface area contributed by atoms with Crippen molar-refractivity contribution >= 4 is 18.0 Å². The molecule has 2 aliphatic rings. The first kappa shape index (κ1) is 18.3. The molecular weight excluding hydrogens is 312 g/mol. The van der Waals surface area contributed by atoms with E-state index >= 15 is 0 Å². The van der Waals surface area contributed by atoms with Gasteiger partial charge in [-0.05, 0) is 46.5 Å². The molecule has 7 nitrogen and oxygen atoms in total. The number of hydrogen-bond donors (Lipinski definition) is 1. The molecule has 3 atom stereocenters. The summed E-state index contributed by atoms with van der Waals surface area (Å²) in [6, 6.07) is -1.37. The van der Waals surface area contributed by atoms with E-state index in [-0.39, 0.29) is 11.9 Å². The van der Waals surface area contributed by atoms with Crippen LogP contribution < -0.4 is 5.32 Å². The number of fused-ring (bicyclic) bond motifs is 1. The molecule has 0 bridgehead atoms. The van der Waals surface area contributed by atoms with Gasteiger partial charge in [0, 0.05) is 6.04 Å². The molecule has 2 heterocycles. The van der Waals surface area contributed by atoms with Crippen molar-refractivity contribution in [2.75, 3.05) is 7.11 Å². The van der Waals surface area contributed by atoms with Crippen LogP contribution in [0.4, 0.5) is 4.79 Å². The Morgan fingerprint density at radius 1 is 1.21 bits per heavy atom. The van der Waals surface area contributed by atoms with E-state index in [2.05, 4.69) is 5.32 Å². The third kappa shape index (κ3) is 4.27. The average molecular weight is 338 g/mol. The molecule has 24 heavy (non-hydrogen) atoms. The first-order valence-electron chi connectivity index (χ1n) is 8.27. The summed E-state index contributed by atoms with van der Waals surface area (Å²) in [5.41, 5.74) is -0.644. The minimum Gasteiger partial charge on any atom is -0.467 e. The lowest BCUT2D eigenvalue weighted by molar-refractivity contribution is -0.153. The van der Waals surface area contributed by atoms with Crippen LogP contribution in [0.25, 0.3) is 0 Å². The smallest absolute Gasteiger partial charge is 0.408 e. The van der Waals surface area contributed by atoms with Gasteiger partial charge >= 0.3 is 12.1 Å². The van der Waals surface area contributed by atoms with Crippen molar-refractivity contribution in [3.8, 4) is 0 Å². The molecule has 0 saturated carbocycles. The summed E-state index contributed by atoms with van der Waals surface area (Å²) in [4.78, 5) is 38.5. The first-order chi connectivity index (χ1) is 11.2. The quantitative estimate of drug-likeness (QED) is 0.612. The molecular formula is C17H26N2O5. The van der Waals surface area contributed by atoms with Crippen molar-refractivity contribution in [1.82, 2.24) is 10.2 Å². The highest BCUT2D eigenvalue weighted by molar-refractivity contribution is 5.90. The summed E-state index contributed by atoms with van der Waals surface area (Å²) in [6.45, 7) is 5.28. The summed E-state index contributed by atoms with van der Waals surface area (Å²) < 4.78 is 10.1. The molecule has 2 rings (SSSR count). The average Bonchev–Trinajstić information content (AvgIpc) is 2.88. The predicted octanol–water partition coefficient (Wildman–Crippen LogP) is 1.76. The van der Waals surface area contributed by atoms with E-state index in [1.807, 2.05) is 12.2 Å². The molecule has 0 spiro atoms. The fourth-order valence-corrected chi connectivity index (χ4v) is 3.15. The maximum atomic E-state index is 12.9. The third-order valence-electron chi connectivity index (χ3n) is 4.17. The van der Waals surface area contributed by atoms with Crippen LogP contribution in [0.15, 0.2) is 12.2 Å². The molecule has 0 radical (unpaired) electrons. The minimum absolute atomic E-state index is 0.0407. The van der Waals surface area contributed by atoms with Gasteiger partial charge in [-0.15, -0.1) is 0 Å². The lowest BCUT2D eigenvalue weighted by atomic mass is 10.0. The molecule has 0 aliphatic carbocycles. The van der Waals surface area contributed by atoms with E-state index in [1.54, 1.807) is 25.7 Å². The summed E-state index contributed by atoms with van der Waals surface area (Å²) in [7, 11) is 1.32. The van der Waals surface area contributed by atoms with E-state index in [9.17, 15) is 14.4 Å². The van der Waals surface area contributed by atoms with Crippen molar-refractivity contribution < 1.29 is 23.9 Å². The summed E-state index contributed by atoms with van der Waals surface area (Å²) in [5.74, 6) is -0.672. The molecule has 2 amide bonds. The molecule has 2 aliphatic heterocycles. The van der Waals surface area contributed by atoms with E-state index in [0.717, 1.165) is 6.42 Å². The van der Waals surface area contributed by atoms with Gasteiger partial charge in [0.1, 0.15) is 17.7 Å². The highest BCUT2D eigenvalue weighted by atomic mass is 16.6. The van der Waals surface area contributed by atoms with Crippen LogP contribution in [0.3, 0.4) is 0 Å². The van der Waals surface area contributed by atoms with Crippen LogP contribution in [0.1, 0.15) is 46.5 Å². The standard InChI is InChI=1S/C17H26N2O5/c1-17(2,3)24-16(22)18-12-8-6-5-7-11-9-10-13(15(21)23-4)19(11)14(12)20/h5-6,11-13H,7-10H2,1-4H3,(H,18,22)/b6-5-/t11-,12-,13-/m0/s1. The fourth-order valence-electron chi connectivity index (χ4n) is 3.15. The lowest BCUT2D eigenvalue weighted by Crippen LogP contribution is -2.55. The largest absolute Gasteiger partial charge is 0.467 e. The topological polar surface area (TPSA) is 84.9 Å². The van der Waals surface area contributed by atoms with Gasteiger partial charge in [-0.3, -0.25) is 4.79 Å². The highest BCUT2D eigenvalue weighted by Crippen LogP contribution is 2.30. The van der Waals surface area contributed by atoms with Gasteiger partial charge in [-0.1, -0.05) is 12.2 Å². The second kappa shape index (κ2) is 7.23. The second-order valence-corrected chi connectivity index (χ2v) is 7.16. The number of carbonyl (C=O) groups excluding carboxylic acids is 3. The molecule has 0 aromatic heterocycles. The number of hydrogen-bond acceptors (Lipinski definition) is 5. The van der Waals surface area contributed by atoms with Crippen LogP contribution in [0.5, 0.6) is 0 Å². The number of amides is 2. The number of nitrogens with zero attached hydrogens (tertiary/aromatic N) is 1. The summed E-state index contributed by atoms with van der Waals surface area (Å²) in [5, 5.41) is 2.63. The van der Waals surface area contributed by atoms with Crippen LogP contribution in [0.2, 0.25) is 0 Å². The van der Waals surface area contributed by atoms with Crippen molar-refractivity contribution in [2.24, 2.45) is 0 Å². The minimum atomic E-state index is -0.746. The molecule has 0 aromatic carbocycles. The number of ether oxygens (including phenoxy) is 2. The van der Waals surface area contributed by atoms with Gasteiger partial charge in [-0.25, -0.2) is 9.59 Å². The predicted molar refractivity (Wildman–Crippen MR) is 87.2 cm³/mol. The monoisotopic (exact) mass is 338 g/mol. The van der Waals surface area contributed by atoms with Crippen molar-refractivity contribution in [3.63, 3.8) is 0 Å². The van der Waals surface area contributed by atoms with Gasteiger partial charge in [0.05, 0.1) is 7.11 Å². The van der Waals surface area contributed by atoms with E-state index in [1.165, 1.54) is 7.11 Å². The zero-order valence-electron chi connectivity index (χ0n) is 14.7. The van der Waals surface area contributed by atoms with Crippen molar-refractivity contribution in [2.45, 2.75) is 70.2 Å². The Morgan fingerprint density at radius 3 is 2.50 bits per heavy atom. The van der Waals surface area contributed by atoms with E-state index < -0.39 is 29.7 Å². The molecule has 0 aromatic rings. The number of alkyl carbamates (subject to hydrolysis) is 1. The molecule has 1 fully saturated rings. The Bertz CT molecular complexity index is 538. The summed E-state index contributed by atoms with van der Waals surface area (Å²) >= 11 is 0. The normalized spacial score (nSPS) is 28.4. The van der Waals surface area contributed by atoms with Crippen molar-refractivity contribution in [3.05, 3.63) is 12.2 Å². The third-order valence-corrected chi connectivity index (χ3v) is 4.17. The number of esters is 1. The molecule has 7 heteroatoms. The lowest BCUT2D eigenvalue weighted by Gasteiger charge is -2.33. The van der Waals surface area contributed by atoms with Gasteiger partial charge in [0.25, 0.3) is 0 Å². The SMILES string of the molecule is COC(=O)[C@@H]1CC[C@@H]2C/C=C\C[C@H](NC(=O)OC(C)(C)C)C(=O)N21. The zero-order chi connectivity index (χ0) is 17.9. The fraction of sp³-hybridized carbons (Fsp3) is 0.706. The van der Waals surface area contributed by atoms with Crippen LogP contribution >= 0.6 is 0 Å². The van der Waals surface area contributed by atoms with E-state index in [4.69, 9.17) is 9.47 Å². The Labute approximate surface area is 142 Å². The zero-order valence-corrected chi connectivity index (χ0v) is 14.7. The first-order valence-corrected chi connectivity index (χ1v) is 8.27. The van der Waals surface area contributed by atoms with Crippen LogP contribution in [-0.2, 0) is 19.1 Å². The van der Waals surface area contributed by atoms with Gasteiger partial charge in [0.15, 0.2) is 0 Å². The molecule has 1 saturated heterocycles. The Morgan fingerprint density at radius 2 is 1.88 bits per heavy atom. The molecule has 134 valence electrons. The number of rotatable bonds is 2. The maximum absolute atomic E-state index is 12.9. The molecule has 1 N–H and O–H groups in total. The highest BCUT2D eigenvalue weighted by Gasteiger charge is 2.44. The number of methoxy groups -OCH3 is 1. The Kier molecular flexibility index (Phi) is 5.51.